The lowest BCUT2D eigenvalue weighted by Crippen LogP contribution is -2.37. The number of methoxy groups -OCH3 is 1. The number of rotatable bonds is 12. The molecule has 0 fully saturated rings. The number of ether oxygens (including phenoxy) is 2. The molecule has 1 unspecified atom stereocenters. The molecule has 0 saturated carbocycles. The predicted octanol–water partition coefficient (Wildman–Crippen LogP) is 4.28. The van der Waals surface area contributed by atoms with E-state index in [0.29, 0.717) is 30.2 Å². The molecule has 1 aromatic carbocycles. The molecule has 28 heavy (non-hydrogen) atoms. The summed E-state index contributed by atoms with van der Waals surface area (Å²) >= 11 is 0. The van der Waals surface area contributed by atoms with Gasteiger partial charge in [0.25, 0.3) is 5.91 Å². The summed E-state index contributed by atoms with van der Waals surface area (Å²) in [7, 11) is 1.58. The highest BCUT2D eigenvalue weighted by molar-refractivity contribution is 5.94. The number of carbonyl (C=O) groups is 1. The first kappa shape index (κ1) is 21.8. The molecule has 0 saturated heterocycles. The Labute approximate surface area is 167 Å². The van der Waals surface area contributed by atoms with Gasteiger partial charge < -0.3 is 19.2 Å². The first-order chi connectivity index (χ1) is 13.6. The van der Waals surface area contributed by atoms with E-state index in [9.17, 15) is 4.79 Å². The summed E-state index contributed by atoms with van der Waals surface area (Å²) in [5, 5.41) is 3.02. The normalized spacial score (nSPS) is 12.0. The smallest absolute Gasteiger partial charge is 0.251 e. The Bertz CT molecular complexity index is 711. The van der Waals surface area contributed by atoms with Gasteiger partial charge in [-0.05, 0) is 49.8 Å². The zero-order valence-corrected chi connectivity index (χ0v) is 17.4. The molecule has 1 N–H and O–H groups in total. The maximum Gasteiger partial charge on any atom is 0.251 e. The first-order valence-electron chi connectivity index (χ1n) is 10.0. The zero-order valence-electron chi connectivity index (χ0n) is 17.4. The largest absolute Gasteiger partial charge is 0.493 e. The third-order valence-corrected chi connectivity index (χ3v) is 4.76. The van der Waals surface area contributed by atoms with Gasteiger partial charge in [0.05, 0.1) is 26.0 Å². The predicted molar refractivity (Wildman–Crippen MR) is 110 cm³/mol. The number of carbonyl (C=O) groups excluding carboxylic acids is 1. The lowest BCUT2D eigenvalue weighted by Gasteiger charge is -2.28. The summed E-state index contributed by atoms with van der Waals surface area (Å²) in [6, 6.07) is 9.08. The van der Waals surface area contributed by atoms with Crippen LogP contribution in [0.2, 0.25) is 0 Å². The first-order valence-corrected chi connectivity index (χ1v) is 10.0. The van der Waals surface area contributed by atoms with E-state index in [1.807, 2.05) is 12.1 Å². The van der Waals surface area contributed by atoms with Crippen molar-refractivity contribution in [2.24, 2.45) is 0 Å². The molecule has 0 bridgehead atoms. The molecule has 1 aromatic heterocycles. The van der Waals surface area contributed by atoms with Gasteiger partial charge in [-0.25, -0.2) is 0 Å². The fourth-order valence-electron chi connectivity index (χ4n) is 3.10. The van der Waals surface area contributed by atoms with Crippen molar-refractivity contribution in [2.45, 2.75) is 39.7 Å². The van der Waals surface area contributed by atoms with Crippen molar-refractivity contribution in [3.8, 4) is 11.5 Å². The van der Waals surface area contributed by atoms with Crippen LogP contribution in [-0.4, -0.2) is 44.2 Å². The summed E-state index contributed by atoms with van der Waals surface area (Å²) in [4.78, 5) is 15.0. The van der Waals surface area contributed by atoms with Gasteiger partial charge in [-0.1, -0.05) is 27.2 Å². The number of amides is 1. The second kappa shape index (κ2) is 11.4. The molecule has 0 aliphatic heterocycles. The van der Waals surface area contributed by atoms with Crippen LogP contribution < -0.4 is 14.8 Å². The second-order valence-corrected chi connectivity index (χ2v) is 6.53. The highest BCUT2D eigenvalue weighted by Gasteiger charge is 2.22. The molecule has 1 amide bonds. The standard InChI is InChI=1S/C22H32N2O4/c1-5-8-13-28-20-12-11-17(15-21(20)26-4)22(25)23-16-18(24(6-2)7-3)19-10-9-14-27-19/h9-12,14-15,18H,5-8,13,16H2,1-4H3,(H,23,25). The molecule has 6 heteroatoms. The molecule has 1 atom stereocenters. The van der Waals surface area contributed by atoms with Crippen LogP contribution in [0.1, 0.15) is 55.8 Å². The van der Waals surface area contributed by atoms with Crippen LogP contribution in [0, 0.1) is 0 Å². The van der Waals surface area contributed by atoms with Gasteiger partial charge in [-0.2, -0.15) is 0 Å². The summed E-state index contributed by atoms with van der Waals surface area (Å²) in [6.07, 6.45) is 3.70. The Hall–Kier alpha value is -2.47. The number of nitrogens with zero attached hydrogens (tertiary/aromatic N) is 1. The molecule has 0 aliphatic rings. The summed E-state index contributed by atoms with van der Waals surface area (Å²) < 4.78 is 16.7. The van der Waals surface area contributed by atoms with E-state index in [1.54, 1.807) is 31.6 Å². The van der Waals surface area contributed by atoms with E-state index in [-0.39, 0.29) is 11.9 Å². The molecule has 154 valence electrons. The topological polar surface area (TPSA) is 63.9 Å². The van der Waals surface area contributed by atoms with Crippen molar-refractivity contribution in [1.29, 1.82) is 0 Å². The Balaban J connectivity index is 2.06. The Morgan fingerprint density at radius 3 is 2.57 bits per heavy atom. The van der Waals surface area contributed by atoms with Crippen LogP contribution in [0.15, 0.2) is 41.0 Å². The summed E-state index contributed by atoms with van der Waals surface area (Å²) in [6.45, 7) is 9.15. The highest BCUT2D eigenvalue weighted by Crippen LogP contribution is 2.28. The van der Waals surface area contributed by atoms with Crippen LogP contribution in [0.25, 0.3) is 0 Å². The number of hydrogen-bond acceptors (Lipinski definition) is 5. The van der Waals surface area contributed by atoms with E-state index in [4.69, 9.17) is 13.9 Å². The molecule has 2 rings (SSSR count). The molecule has 0 aliphatic carbocycles. The maximum atomic E-state index is 12.7. The molecule has 1 heterocycles. The minimum absolute atomic E-state index is 0.00695. The minimum Gasteiger partial charge on any atom is -0.493 e. The number of furan rings is 1. The third kappa shape index (κ3) is 5.76. The molecular weight excluding hydrogens is 356 g/mol. The van der Waals surface area contributed by atoms with E-state index in [0.717, 1.165) is 31.7 Å². The van der Waals surface area contributed by atoms with Gasteiger partial charge >= 0.3 is 0 Å². The van der Waals surface area contributed by atoms with E-state index >= 15 is 0 Å². The monoisotopic (exact) mass is 388 g/mol. The van der Waals surface area contributed by atoms with Crippen LogP contribution in [0.3, 0.4) is 0 Å². The fourth-order valence-corrected chi connectivity index (χ4v) is 3.10. The van der Waals surface area contributed by atoms with Crippen molar-refractivity contribution in [2.75, 3.05) is 33.4 Å². The number of hydrogen-bond donors (Lipinski definition) is 1. The Morgan fingerprint density at radius 1 is 1.18 bits per heavy atom. The van der Waals surface area contributed by atoms with Crippen molar-refractivity contribution in [3.63, 3.8) is 0 Å². The molecule has 6 nitrogen and oxygen atoms in total. The number of nitrogens with one attached hydrogen (secondary N) is 1. The van der Waals surface area contributed by atoms with E-state index in [1.165, 1.54) is 0 Å². The average molecular weight is 389 g/mol. The maximum absolute atomic E-state index is 12.7. The Kier molecular flexibility index (Phi) is 8.88. The van der Waals surface area contributed by atoms with Crippen LogP contribution >= 0.6 is 0 Å². The average Bonchev–Trinajstić information content (AvgIpc) is 3.25. The lowest BCUT2D eigenvalue weighted by molar-refractivity contribution is 0.0929. The van der Waals surface area contributed by atoms with Gasteiger partial charge in [0, 0.05) is 12.1 Å². The summed E-state index contributed by atoms with van der Waals surface area (Å²) in [5.74, 6) is 1.92. The number of likely N-dealkylation sites (N-methyl/N-ethyl adjacent to an activating group) is 1. The van der Waals surface area contributed by atoms with Gasteiger partial charge in [0.2, 0.25) is 0 Å². The van der Waals surface area contributed by atoms with Gasteiger partial charge in [0.1, 0.15) is 5.76 Å². The highest BCUT2D eigenvalue weighted by atomic mass is 16.5. The minimum atomic E-state index is -0.151. The SMILES string of the molecule is CCCCOc1ccc(C(=O)NCC(c2ccco2)N(CC)CC)cc1OC. The zero-order chi connectivity index (χ0) is 20.4. The van der Waals surface area contributed by atoms with Crippen molar-refractivity contribution in [3.05, 3.63) is 47.9 Å². The Morgan fingerprint density at radius 2 is 1.96 bits per heavy atom. The second-order valence-electron chi connectivity index (χ2n) is 6.53. The fraction of sp³-hybridized carbons (Fsp3) is 0.500. The molecule has 0 spiro atoms. The quantitative estimate of drug-likeness (QED) is 0.550. The van der Waals surface area contributed by atoms with Gasteiger partial charge in [-0.3, -0.25) is 9.69 Å². The number of benzene rings is 1. The van der Waals surface area contributed by atoms with Crippen molar-refractivity contribution in [1.82, 2.24) is 10.2 Å². The van der Waals surface area contributed by atoms with Crippen molar-refractivity contribution < 1.29 is 18.7 Å². The third-order valence-electron chi connectivity index (χ3n) is 4.76. The van der Waals surface area contributed by atoms with Crippen LogP contribution in [0.4, 0.5) is 0 Å². The van der Waals surface area contributed by atoms with Gasteiger partial charge in [-0.15, -0.1) is 0 Å². The van der Waals surface area contributed by atoms with E-state index < -0.39 is 0 Å². The lowest BCUT2D eigenvalue weighted by atomic mass is 10.1. The molecular formula is C22H32N2O4. The molecule has 2 aromatic rings. The van der Waals surface area contributed by atoms with E-state index in [2.05, 4.69) is 31.0 Å². The van der Waals surface area contributed by atoms with Crippen LogP contribution in [-0.2, 0) is 0 Å². The van der Waals surface area contributed by atoms with Gasteiger partial charge in [0.15, 0.2) is 11.5 Å². The number of unbranched alkanes of at least 4 members (excludes halogenated alkanes) is 1. The van der Waals surface area contributed by atoms with Crippen LogP contribution in [0.5, 0.6) is 11.5 Å². The molecule has 0 radical (unpaired) electrons. The van der Waals surface area contributed by atoms with Crippen molar-refractivity contribution >= 4 is 5.91 Å². The summed E-state index contributed by atoms with van der Waals surface area (Å²) in [5.41, 5.74) is 0.539.